The molecule has 4 rings (SSSR count). The SMILES string of the molecule is COc1ccc(Cn2cc(CNc3cc4c(c(C)n3)NC(=O)[C@H](C)N4C)cn2)cn1. The summed E-state index contributed by atoms with van der Waals surface area (Å²) in [4.78, 5) is 22.8. The van der Waals surface area contributed by atoms with Gasteiger partial charge in [-0.05, 0) is 19.4 Å². The van der Waals surface area contributed by atoms with Crippen LogP contribution in [0.1, 0.15) is 23.7 Å². The lowest BCUT2D eigenvalue weighted by Crippen LogP contribution is -2.44. The van der Waals surface area contributed by atoms with Gasteiger partial charge in [0, 0.05) is 43.7 Å². The molecule has 0 aromatic carbocycles. The van der Waals surface area contributed by atoms with Gasteiger partial charge in [-0.3, -0.25) is 9.48 Å². The quantitative estimate of drug-likeness (QED) is 0.648. The van der Waals surface area contributed by atoms with Gasteiger partial charge in [-0.25, -0.2) is 9.97 Å². The highest BCUT2D eigenvalue weighted by molar-refractivity contribution is 6.04. The molecule has 4 heterocycles. The molecule has 9 heteroatoms. The van der Waals surface area contributed by atoms with Crippen molar-refractivity contribution in [2.75, 3.05) is 29.7 Å². The van der Waals surface area contributed by atoms with Gasteiger partial charge in [0.1, 0.15) is 11.9 Å². The predicted octanol–water partition coefficient (Wildman–Crippen LogP) is 2.43. The second-order valence-corrected chi connectivity index (χ2v) is 7.37. The van der Waals surface area contributed by atoms with Crippen molar-refractivity contribution in [3.63, 3.8) is 0 Å². The van der Waals surface area contributed by atoms with E-state index >= 15 is 0 Å². The molecule has 0 radical (unpaired) electrons. The number of carbonyl (C=O) groups is 1. The van der Waals surface area contributed by atoms with E-state index in [4.69, 9.17) is 4.74 Å². The molecule has 3 aromatic rings. The van der Waals surface area contributed by atoms with Crippen molar-refractivity contribution in [2.24, 2.45) is 0 Å². The van der Waals surface area contributed by atoms with E-state index in [1.54, 1.807) is 13.3 Å². The first-order chi connectivity index (χ1) is 14.4. The lowest BCUT2D eigenvalue weighted by atomic mass is 10.1. The maximum atomic E-state index is 12.1. The van der Waals surface area contributed by atoms with Crippen LogP contribution in [-0.4, -0.2) is 45.9 Å². The molecule has 0 bridgehead atoms. The van der Waals surface area contributed by atoms with Crippen LogP contribution in [-0.2, 0) is 17.9 Å². The molecule has 0 fully saturated rings. The Morgan fingerprint density at radius 1 is 1.27 bits per heavy atom. The number of aryl methyl sites for hydroxylation is 1. The van der Waals surface area contributed by atoms with Gasteiger partial charge in [0.25, 0.3) is 0 Å². The Balaban J connectivity index is 1.43. The van der Waals surface area contributed by atoms with Crippen LogP contribution in [0.4, 0.5) is 17.2 Å². The Kier molecular flexibility index (Phi) is 5.26. The van der Waals surface area contributed by atoms with Crippen LogP contribution in [0.15, 0.2) is 36.8 Å². The zero-order chi connectivity index (χ0) is 21.3. The number of hydrogen-bond donors (Lipinski definition) is 2. The van der Waals surface area contributed by atoms with Crippen molar-refractivity contribution >= 4 is 23.1 Å². The molecule has 1 aliphatic rings. The van der Waals surface area contributed by atoms with E-state index in [0.717, 1.165) is 34.0 Å². The lowest BCUT2D eigenvalue weighted by molar-refractivity contribution is -0.117. The number of likely N-dealkylation sites (N-methyl/N-ethyl adjacent to an activating group) is 1. The van der Waals surface area contributed by atoms with Gasteiger partial charge in [0.2, 0.25) is 11.8 Å². The molecule has 0 unspecified atom stereocenters. The van der Waals surface area contributed by atoms with Crippen LogP contribution in [0, 0.1) is 6.92 Å². The number of anilines is 3. The van der Waals surface area contributed by atoms with Gasteiger partial charge in [-0.2, -0.15) is 5.10 Å². The average molecular weight is 407 g/mol. The number of hydrogen-bond acceptors (Lipinski definition) is 7. The van der Waals surface area contributed by atoms with E-state index < -0.39 is 0 Å². The molecule has 2 N–H and O–H groups in total. The first kappa shape index (κ1) is 19.7. The van der Waals surface area contributed by atoms with Crippen molar-refractivity contribution in [3.05, 3.63) is 53.6 Å². The number of fused-ring (bicyclic) bond motifs is 1. The second kappa shape index (κ2) is 8.02. The summed E-state index contributed by atoms with van der Waals surface area (Å²) >= 11 is 0. The van der Waals surface area contributed by atoms with Crippen LogP contribution in [0.3, 0.4) is 0 Å². The average Bonchev–Trinajstić information content (AvgIpc) is 3.19. The van der Waals surface area contributed by atoms with Gasteiger partial charge < -0.3 is 20.3 Å². The molecular weight excluding hydrogens is 382 g/mol. The standard InChI is InChI=1S/C21H25N7O2/c1-13-20-17(27(3)14(2)21(29)26-20)7-18(25-13)22-9-16-10-24-28(12-16)11-15-5-6-19(30-4)23-8-15/h5-8,10,12,14H,9,11H2,1-4H3,(H,22,25)(H,26,29)/t14-/m0/s1. The highest BCUT2D eigenvalue weighted by Gasteiger charge is 2.28. The molecule has 156 valence electrons. The van der Waals surface area contributed by atoms with Gasteiger partial charge in [-0.15, -0.1) is 0 Å². The van der Waals surface area contributed by atoms with Crippen molar-refractivity contribution in [3.8, 4) is 5.88 Å². The smallest absolute Gasteiger partial charge is 0.246 e. The van der Waals surface area contributed by atoms with Gasteiger partial charge in [-0.1, -0.05) is 6.07 Å². The summed E-state index contributed by atoms with van der Waals surface area (Å²) in [5, 5.41) is 10.7. The molecule has 0 spiro atoms. The molecule has 1 atom stereocenters. The minimum atomic E-state index is -0.224. The van der Waals surface area contributed by atoms with Crippen LogP contribution in [0.25, 0.3) is 0 Å². The molecular formula is C21H25N7O2. The van der Waals surface area contributed by atoms with Crippen molar-refractivity contribution in [1.29, 1.82) is 0 Å². The zero-order valence-electron chi connectivity index (χ0n) is 17.5. The fraction of sp³-hybridized carbons (Fsp3) is 0.333. The first-order valence-corrected chi connectivity index (χ1v) is 9.74. The minimum absolute atomic E-state index is 0.0184. The lowest BCUT2D eigenvalue weighted by Gasteiger charge is -2.34. The molecule has 30 heavy (non-hydrogen) atoms. The Morgan fingerprint density at radius 2 is 2.10 bits per heavy atom. The number of pyridine rings is 2. The normalized spacial score (nSPS) is 15.5. The first-order valence-electron chi connectivity index (χ1n) is 9.74. The molecule has 1 amide bonds. The van der Waals surface area contributed by atoms with Crippen LogP contribution < -0.4 is 20.3 Å². The van der Waals surface area contributed by atoms with E-state index in [1.807, 2.05) is 61.1 Å². The number of amides is 1. The maximum absolute atomic E-state index is 12.1. The van der Waals surface area contributed by atoms with Crippen molar-refractivity contribution in [2.45, 2.75) is 33.0 Å². The van der Waals surface area contributed by atoms with E-state index in [1.165, 1.54) is 0 Å². The van der Waals surface area contributed by atoms with Crippen molar-refractivity contribution in [1.82, 2.24) is 19.7 Å². The molecule has 0 aliphatic carbocycles. The maximum Gasteiger partial charge on any atom is 0.246 e. The number of ether oxygens (including phenoxy) is 1. The summed E-state index contributed by atoms with van der Waals surface area (Å²) in [7, 11) is 3.52. The Bertz CT molecular complexity index is 1060. The molecule has 9 nitrogen and oxygen atoms in total. The van der Waals surface area contributed by atoms with Gasteiger partial charge in [0.05, 0.1) is 36.9 Å². The Hall–Kier alpha value is -3.62. The number of nitrogens with zero attached hydrogens (tertiary/aromatic N) is 5. The second-order valence-electron chi connectivity index (χ2n) is 7.37. The summed E-state index contributed by atoms with van der Waals surface area (Å²) in [5.74, 6) is 1.33. The van der Waals surface area contributed by atoms with Crippen LogP contribution in [0.5, 0.6) is 5.88 Å². The minimum Gasteiger partial charge on any atom is -0.481 e. The number of rotatable bonds is 6. The Labute approximate surface area is 175 Å². The van der Waals surface area contributed by atoms with E-state index in [9.17, 15) is 4.79 Å². The summed E-state index contributed by atoms with van der Waals surface area (Å²) < 4.78 is 6.96. The number of nitrogens with one attached hydrogen (secondary N) is 2. The van der Waals surface area contributed by atoms with Gasteiger partial charge >= 0.3 is 0 Å². The van der Waals surface area contributed by atoms with E-state index in [0.29, 0.717) is 19.0 Å². The van der Waals surface area contributed by atoms with Crippen LogP contribution >= 0.6 is 0 Å². The molecule has 1 aliphatic heterocycles. The fourth-order valence-corrected chi connectivity index (χ4v) is 3.38. The fourth-order valence-electron chi connectivity index (χ4n) is 3.38. The molecule has 0 saturated carbocycles. The highest BCUT2D eigenvalue weighted by Crippen LogP contribution is 2.34. The number of methoxy groups -OCH3 is 1. The van der Waals surface area contributed by atoms with Gasteiger partial charge in [0.15, 0.2) is 0 Å². The van der Waals surface area contributed by atoms with Crippen LogP contribution in [0.2, 0.25) is 0 Å². The molecule has 3 aromatic heterocycles. The monoisotopic (exact) mass is 407 g/mol. The largest absolute Gasteiger partial charge is 0.481 e. The number of carbonyl (C=O) groups excluding carboxylic acids is 1. The van der Waals surface area contributed by atoms with E-state index in [-0.39, 0.29) is 11.9 Å². The highest BCUT2D eigenvalue weighted by atomic mass is 16.5. The third-order valence-corrected chi connectivity index (χ3v) is 5.28. The summed E-state index contributed by atoms with van der Waals surface area (Å²) in [5.41, 5.74) is 4.60. The third-order valence-electron chi connectivity index (χ3n) is 5.28. The third kappa shape index (κ3) is 3.91. The zero-order valence-corrected chi connectivity index (χ0v) is 17.5. The summed E-state index contributed by atoms with van der Waals surface area (Å²) in [6.45, 7) is 5.01. The molecule has 0 saturated heterocycles. The van der Waals surface area contributed by atoms with E-state index in [2.05, 4.69) is 25.7 Å². The Morgan fingerprint density at radius 3 is 2.83 bits per heavy atom. The van der Waals surface area contributed by atoms with Crippen molar-refractivity contribution < 1.29 is 9.53 Å². The summed E-state index contributed by atoms with van der Waals surface area (Å²) in [6, 6.07) is 5.55. The topological polar surface area (TPSA) is 97.2 Å². The number of aromatic nitrogens is 4. The summed E-state index contributed by atoms with van der Waals surface area (Å²) in [6.07, 6.45) is 5.62. The predicted molar refractivity (Wildman–Crippen MR) is 115 cm³/mol.